The molecule has 2 rings (SSSR count). The molecule has 0 bridgehead atoms. The summed E-state index contributed by atoms with van der Waals surface area (Å²) in [7, 11) is 1.41. The Hall–Kier alpha value is -1.87. The molecule has 2 aromatic carbocycles. The Morgan fingerprint density at radius 1 is 1.19 bits per heavy atom. The van der Waals surface area contributed by atoms with Gasteiger partial charge in [0.15, 0.2) is 0 Å². The Kier molecular flexibility index (Phi) is 4.33. The van der Waals surface area contributed by atoms with Crippen molar-refractivity contribution in [2.75, 3.05) is 7.11 Å². The van der Waals surface area contributed by atoms with Gasteiger partial charge in [-0.15, -0.1) is 0 Å². The summed E-state index contributed by atoms with van der Waals surface area (Å²) in [6.07, 6.45) is 0.548. The van der Waals surface area contributed by atoms with Gasteiger partial charge >= 0.3 is 5.97 Å². The lowest BCUT2D eigenvalue weighted by Crippen LogP contribution is -2.30. The number of nitrogens with two attached hydrogens (primary N) is 1. The summed E-state index contributed by atoms with van der Waals surface area (Å²) >= 11 is 0. The van der Waals surface area contributed by atoms with Crippen molar-refractivity contribution in [3.05, 3.63) is 47.5 Å². The lowest BCUT2D eigenvalue weighted by molar-refractivity contribution is -0.151. The number of hydrogen-bond donors (Lipinski definition) is 1. The zero-order valence-electron chi connectivity index (χ0n) is 13.1. The minimum absolute atomic E-state index is 0.204. The first-order valence-electron chi connectivity index (χ1n) is 7.19. The molecule has 0 aromatic heterocycles. The number of ether oxygens (including phenoxy) is 1. The third kappa shape index (κ3) is 3.08. The molecular weight excluding hydrogens is 262 g/mol. The number of fused-ring (bicyclic) bond motifs is 1. The number of rotatable bonds is 4. The molecule has 0 saturated heterocycles. The molecule has 1 unspecified atom stereocenters. The van der Waals surface area contributed by atoms with E-state index < -0.39 is 5.41 Å². The highest BCUT2D eigenvalue weighted by Gasteiger charge is 2.31. The van der Waals surface area contributed by atoms with Crippen molar-refractivity contribution in [2.45, 2.75) is 33.2 Å². The molecular formula is C18H23NO2. The summed E-state index contributed by atoms with van der Waals surface area (Å²) in [4.78, 5) is 11.8. The molecule has 0 aliphatic heterocycles. The van der Waals surface area contributed by atoms with E-state index in [4.69, 9.17) is 10.5 Å². The molecule has 3 heteroatoms. The molecule has 21 heavy (non-hydrogen) atoms. The first kappa shape index (κ1) is 15.5. The number of methoxy groups -OCH3 is 1. The van der Waals surface area contributed by atoms with E-state index in [0.29, 0.717) is 6.42 Å². The molecule has 0 amide bonds. The van der Waals surface area contributed by atoms with E-state index in [1.165, 1.54) is 18.1 Å². The second-order valence-electron chi connectivity index (χ2n) is 6.20. The average molecular weight is 285 g/mol. The van der Waals surface area contributed by atoms with Crippen LogP contribution in [0.3, 0.4) is 0 Å². The third-order valence-electron chi connectivity index (χ3n) is 4.04. The van der Waals surface area contributed by atoms with Crippen LogP contribution >= 0.6 is 0 Å². The lowest BCUT2D eigenvalue weighted by Gasteiger charge is -2.26. The Morgan fingerprint density at radius 2 is 1.81 bits per heavy atom. The van der Waals surface area contributed by atoms with E-state index >= 15 is 0 Å². The number of benzene rings is 2. The normalized spacial score (nSPS) is 13.2. The molecule has 112 valence electrons. The molecule has 2 aromatic rings. The topological polar surface area (TPSA) is 52.3 Å². The maximum Gasteiger partial charge on any atom is 0.311 e. The smallest absolute Gasteiger partial charge is 0.311 e. The van der Waals surface area contributed by atoms with Crippen LogP contribution in [0.4, 0.5) is 0 Å². The summed E-state index contributed by atoms with van der Waals surface area (Å²) < 4.78 is 4.86. The largest absolute Gasteiger partial charge is 0.469 e. The van der Waals surface area contributed by atoms with Crippen LogP contribution < -0.4 is 5.73 Å². The number of carbonyl (C=O) groups excluding carboxylic acids is 1. The van der Waals surface area contributed by atoms with Gasteiger partial charge in [0, 0.05) is 6.04 Å². The molecule has 1 atom stereocenters. The van der Waals surface area contributed by atoms with Crippen LogP contribution in [0.5, 0.6) is 0 Å². The Labute approximate surface area is 126 Å². The summed E-state index contributed by atoms with van der Waals surface area (Å²) in [5.74, 6) is -0.227. The summed E-state index contributed by atoms with van der Waals surface area (Å²) in [6, 6.07) is 12.2. The van der Waals surface area contributed by atoms with E-state index in [1.807, 2.05) is 26.0 Å². The summed E-state index contributed by atoms with van der Waals surface area (Å²) in [5.41, 5.74) is 8.09. The standard InChI is InChI=1S/C18H23NO2/c1-12-9-10-15(14-8-6-5-7-13(12)14)16(19)11-18(2,3)17(20)21-4/h5-10,16H,11,19H2,1-4H3. The van der Waals surface area contributed by atoms with Gasteiger partial charge < -0.3 is 10.5 Å². The van der Waals surface area contributed by atoms with Gasteiger partial charge in [-0.2, -0.15) is 0 Å². The van der Waals surface area contributed by atoms with Gasteiger partial charge in [-0.25, -0.2) is 0 Å². The van der Waals surface area contributed by atoms with E-state index in [2.05, 4.69) is 31.2 Å². The summed E-state index contributed by atoms with van der Waals surface area (Å²) in [6.45, 7) is 5.83. The number of carbonyl (C=O) groups is 1. The monoisotopic (exact) mass is 285 g/mol. The zero-order chi connectivity index (χ0) is 15.6. The van der Waals surface area contributed by atoms with E-state index in [9.17, 15) is 4.79 Å². The van der Waals surface area contributed by atoms with Crippen molar-refractivity contribution in [1.82, 2.24) is 0 Å². The number of aryl methyl sites for hydroxylation is 1. The van der Waals surface area contributed by atoms with Crippen molar-refractivity contribution >= 4 is 16.7 Å². The van der Waals surface area contributed by atoms with Crippen LogP contribution in [0.2, 0.25) is 0 Å². The van der Waals surface area contributed by atoms with Crippen molar-refractivity contribution < 1.29 is 9.53 Å². The van der Waals surface area contributed by atoms with E-state index in [1.54, 1.807) is 0 Å². The quantitative estimate of drug-likeness (QED) is 0.871. The molecule has 0 aliphatic carbocycles. The molecule has 0 aliphatic rings. The molecule has 3 nitrogen and oxygen atoms in total. The van der Waals surface area contributed by atoms with Crippen LogP contribution in [-0.4, -0.2) is 13.1 Å². The first-order valence-corrected chi connectivity index (χ1v) is 7.19. The van der Waals surface area contributed by atoms with Gasteiger partial charge in [0.2, 0.25) is 0 Å². The van der Waals surface area contributed by atoms with Gasteiger partial charge in [-0.3, -0.25) is 4.79 Å². The van der Waals surface area contributed by atoms with Crippen LogP contribution in [0.25, 0.3) is 10.8 Å². The van der Waals surface area contributed by atoms with Gasteiger partial charge in [-0.1, -0.05) is 36.4 Å². The predicted octanol–water partition coefficient (Wildman–Crippen LogP) is 3.74. The SMILES string of the molecule is COC(=O)C(C)(C)CC(N)c1ccc(C)c2ccccc12. The minimum Gasteiger partial charge on any atom is -0.469 e. The van der Waals surface area contributed by atoms with E-state index in [-0.39, 0.29) is 12.0 Å². The highest BCUT2D eigenvalue weighted by atomic mass is 16.5. The molecule has 0 heterocycles. The second-order valence-corrected chi connectivity index (χ2v) is 6.20. The van der Waals surface area contributed by atoms with Gasteiger partial charge in [0.25, 0.3) is 0 Å². The van der Waals surface area contributed by atoms with Crippen molar-refractivity contribution in [3.63, 3.8) is 0 Å². The predicted molar refractivity (Wildman–Crippen MR) is 86.0 cm³/mol. The number of esters is 1. The Balaban J connectivity index is 2.39. The molecule has 0 spiro atoms. The fraction of sp³-hybridized carbons (Fsp3) is 0.389. The zero-order valence-corrected chi connectivity index (χ0v) is 13.1. The minimum atomic E-state index is -0.597. The highest BCUT2D eigenvalue weighted by molar-refractivity contribution is 5.89. The molecule has 0 saturated carbocycles. The van der Waals surface area contributed by atoms with Gasteiger partial charge in [0.05, 0.1) is 12.5 Å². The maximum absolute atomic E-state index is 11.8. The molecule has 2 N–H and O–H groups in total. The summed E-state index contributed by atoms with van der Waals surface area (Å²) in [5, 5.41) is 2.37. The second kappa shape index (κ2) is 5.86. The number of hydrogen-bond acceptors (Lipinski definition) is 3. The van der Waals surface area contributed by atoms with Crippen LogP contribution in [-0.2, 0) is 9.53 Å². The lowest BCUT2D eigenvalue weighted by atomic mass is 9.82. The molecule has 0 fully saturated rings. The van der Waals surface area contributed by atoms with Crippen molar-refractivity contribution in [2.24, 2.45) is 11.1 Å². The highest BCUT2D eigenvalue weighted by Crippen LogP contribution is 2.33. The maximum atomic E-state index is 11.8. The van der Waals surface area contributed by atoms with Crippen molar-refractivity contribution in [3.8, 4) is 0 Å². The van der Waals surface area contributed by atoms with Crippen molar-refractivity contribution in [1.29, 1.82) is 0 Å². The van der Waals surface area contributed by atoms with Crippen LogP contribution in [0.1, 0.15) is 37.4 Å². The molecule has 0 radical (unpaired) electrons. The third-order valence-corrected chi connectivity index (χ3v) is 4.04. The first-order chi connectivity index (χ1) is 9.86. The van der Waals surface area contributed by atoms with Crippen LogP contribution in [0, 0.1) is 12.3 Å². The fourth-order valence-electron chi connectivity index (χ4n) is 2.82. The van der Waals surface area contributed by atoms with Gasteiger partial charge in [-0.05, 0) is 49.1 Å². The Bertz CT molecular complexity index is 661. The van der Waals surface area contributed by atoms with Crippen LogP contribution in [0.15, 0.2) is 36.4 Å². The Morgan fingerprint density at radius 3 is 2.43 bits per heavy atom. The fourth-order valence-corrected chi connectivity index (χ4v) is 2.82. The van der Waals surface area contributed by atoms with Gasteiger partial charge in [0.1, 0.15) is 0 Å². The average Bonchev–Trinajstić information content (AvgIpc) is 2.46. The van der Waals surface area contributed by atoms with E-state index in [0.717, 1.165) is 10.9 Å².